The van der Waals surface area contributed by atoms with Gasteiger partial charge in [0.2, 0.25) is 0 Å². The van der Waals surface area contributed by atoms with Crippen molar-refractivity contribution < 1.29 is 14.6 Å². The Hall–Kier alpha value is -1.84. The van der Waals surface area contributed by atoms with Crippen LogP contribution in [-0.4, -0.2) is 31.0 Å². The highest BCUT2D eigenvalue weighted by molar-refractivity contribution is 7.12. The molecule has 5 heteroatoms. The molecule has 0 aliphatic carbocycles. The van der Waals surface area contributed by atoms with Crippen molar-refractivity contribution in [2.75, 3.05) is 20.3 Å². The molecule has 0 bridgehead atoms. The van der Waals surface area contributed by atoms with Crippen LogP contribution >= 0.6 is 11.3 Å². The quantitative estimate of drug-likeness (QED) is 0.562. The minimum atomic E-state index is -0.523. The molecule has 1 aromatic carbocycles. The van der Waals surface area contributed by atoms with E-state index in [2.05, 4.69) is 17.9 Å². The molecule has 0 saturated heterocycles. The zero-order valence-electron chi connectivity index (χ0n) is 14.7. The van der Waals surface area contributed by atoms with Gasteiger partial charge < -0.3 is 20.3 Å². The number of hydrogen-bond donors (Lipinski definition) is 2. The van der Waals surface area contributed by atoms with Crippen LogP contribution < -0.4 is 10.5 Å². The molecule has 25 heavy (non-hydrogen) atoms. The van der Waals surface area contributed by atoms with Gasteiger partial charge in [0.05, 0.1) is 25.2 Å². The summed E-state index contributed by atoms with van der Waals surface area (Å²) in [5, 5.41) is 9.19. The van der Waals surface area contributed by atoms with Crippen molar-refractivity contribution in [3.05, 3.63) is 51.7 Å². The molecule has 134 valence electrons. The molecule has 0 aliphatic heterocycles. The third kappa shape index (κ3) is 6.89. The third-order valence-corrected chi connectivity index (χ3v) is 4.84. The summed E-state index contributed by atoms with van der Waals surface area (Å²) >= 11 is 1.66. The molecule has 1 aromatic heterocycles. The van der Waals surface area contributed by atoms with Gasteiger partial charge in [0.25, 0.3) is 0 Å². The summed E-state index contributed by atoms with van der Waals surface area (Å²) in [5.41, 5.74) is 6.52. The van der Waals surface area contributed by atoms with E-state index < -0.39 is 5.54 Å². The lowest BCUT2D eigenvalue weighted by molar-refractivity contribution is 0.153. The maximum absolute atomic E-state index is 9.19. The SMILES string of the molecule is COc1ccc(COCC#Cc2ccc(CCC(C)(N)CO)s2)cc1. The van der Waals surface area contributed by atoms with Crippen LogP contribution in [0.4, 0.5) is 0 Å². The van der Waals surface area contributed by atoms with E-state index in [4.69, 9.17) is 15.2 Å². The number of thiophene rings is 1. The maximum atomic E-state index is 9.19. The molecular formula is C20H25NO3S. The predicted octanol–water partition coefficient (Wildman–Crippen LogP) is 2.97. The minimum Gasteiger partial charge on any atom is -0.497 e. The number of rotatable bonds is 8. The maximum Gasteiger partial charge on any atom is 0.118 e. The first-order chi connectivity index (χ1) is 12.0. The number of aliphatic hydroxyl groups is 1. The Kier molecular flexibility index (Phi) is 7.48. The van der Waals surface area contributed by atoms with Crippen molar-refractivity contribution in [1.82, 2.24) is 0 Å². The van der Waals surface area contributed by atoms with Gasteiger partial charge in [-0.3, -0.25) is 0 Å². The van der Waals surface area contributed by atoms with Crippen molar-refractivity contribution in [3.63, 3.8) is 0 Å². The van der Waals surface area contributed by atoms with Gasteiger partial charge in [0, 0.05) is 10.4 Å². The standard InChI is InChI=1S/C20H25NO3S/c1-20(21,15-22)12-11-19-10-9-18(25-19)4-3-13-24-14-16-5-7-17(23-2)8-6-16/h5-10,22H,11-15,21H2,1-2H3. The van der Waals surface area contributed by atoms with Gasteiger partial charge >= 0.3 is 0 Å². The first-order valence-corrected chi connectivity index (χ1v) is 9.02. The predicted molar refractivity (Wildman–Crippen MR) is 102 cm³/mol. The number of aryl methyl sites for hydroxylation is 1. The van der Waals surface area contributed by atoms with Crippen molar-refractivity contribution in [1.29, 1.82) is 0 Å². The molecule has 0 fully saturated rings. The average Bonchev–Trinajstić information content (AvgIpc) is 3.08. The zero-order valence-corrected chi connectivity index (χ0v) is 15.6. The number of ether oxygens (including phenoxy) is 2. The Morgan fingerprint density at radius 3 is 2.64 bits per heavy atom. The highest BCUT2D eigenvalue weighted by Crippen LogP contribution is 2.19. The van der Waals surface area contributed by atoms with Gasteiger partial charge in [-0.2, -0.15) is 0 Å². The van der Waals surface area contributed by atoms with Gasteiger partial charge in [0.1, 0.15) is 12.4 Å². The van der Waals surface area contributed by atoms with Crippen LogP contribution in [0.5, 0.6) is 5.75 Å². The molecule has 0 radical (unpaired) electrons. The lowest BCUT2D eigenvalue weighted by Gasteiger charge is -2.20. The molecule has 1 unspecified atom stereocenters. The van der Waals surface area contributed by atoms with Crippen molar-refractivity contribution in [3.8, 4) is 17.6 Å². The molecule has 3 N–H and O–H groups in total. The van der Waals surface area contributed by atoms with Crippen molar-refractivity contribution in [2.24, 2.45) is 5.73 Å². The van der Waals surface area contributed by atoms with E-state index in [0.717, 1.165) is 29.0 Å². The number of nitrogens with two attached hydrogens (primary N) is 1. The van der Waals surface area contributed by atoms with E-state index in [1.807, 2.05) is 37.3 Å². The molecule has 2 aromatic rings. The van der Waals surface area contributed by atoms with Gasteiger partial charge in [-0.15, -0.1) is 11.3 Å². The van der Waals surface area contributed by atoms with Gasteiger partial charge in [-0.05, 0) is 49.6 Å². The highest BCUT2D eigenvalue weighted by Gasteiger charge is 2.16. The minimum absolute atomic E-state index is 0.00340. The molecule has 2 rings (SSSR count). The second-order valence-corrected chi connectivity index (χ2v) is 7.39. The molecule has 4 nitrogen and oxygen atoms in total. The summed E-state index contributed by atoms with van der Waals surface area (Å²) < 4.78 is 10.7. The molecule has 1 atom stereocenters. The first kappa shape index (κ1) is 19.5. The highest BCUT2D eigenvalue weighted by atomic mass is 32.1. The fraction of sp³-hybridized carbons (Fsp3) is 0.400. The average molecular weight is 359 g/mol. The van der Waals surface area contributed by atoms with E-state index in [0.29, 0.717) is 13.2 Å². The molecule has 0 saturated carbocycles. The third-order valence-electron chi connectivity index (χ3n) is 3.78. The number of aliphatic hydroxyl groups excluding tert-OH is 1. The smallest absolute Gasteiger partial charge is 0.118 e. The summed E-state index contributed by atoms with van der Waals surface area (Å²) in [6, 6.07) is 11.9. The Morgan fingerprint density at radius 2 is 1.96 bits per heavy atom. The van der Waals surface area contributed by atoms with Crippen LogP contribution in [-0.2, 0) is 17.8 Å². The van der Waals surface area contributed by atoms with E-state index in [1.54, 1.807) is 18.4 Å². The largest absolute Gasteiger partial charge is 0.497 e. The Balaban J connectivity index is 1.74. The van der Waals surface area contributed by atoms with Gasteiger partial charge in [0.15, 0.2) is 0 Å². The Labute approximate surface area is 153 Å². The molecular weight excluding hydrogens is 334 g/mol. The lowest BCUT2D eigenvalue weighted by Crippen LogP contribution is -2.40. The molecule has 1 heterocycles. The fourth-order valence-electron chi connectivity index (χ4n) is 2.13. The van der Waals surface area contributed by atoms with E-state index >= 15 is 0 Å². The molecule has 0 spiro atoms. The second-order valence-electron chi connectivity index (χ2n) is 6.22. The van der Waals surface area contributed by atoms with Crippen LogP contribution in [0.15, 0.2) is 36.4 Å². The summed E-state index contributed by atoms with van der Waals surface area (Å²) in [4.78, 5) is 2.25. The van der Waals surface area contributed by atoms with Gasteiger partial charge in [-0.25, -0.2) is 0 Å². The lowest BCUT2D eigenvalue weighted by atomic mass is 9.98. The summed E-state index contributed by atoms with van der Waals surface area (Å²) in [6.45, 7) is 2.79. The monoisotopic (exact) mass is 359 g/mol. The number of methoxy groups -OCH3 is 1. The van der Waals surface area contributed by atoms with Crippen LogP contribution in [0.2, 0.25) is 0 Å². The van der Waals surface area contributed by atoms with Crippen molar-refractivity contribution in [2.45, 2.75) is 31.9 Å². The van der Waals surface area contributed by atoms with Crippen LogP contribution in [0.3, 0.4) is 0 Å². The second kappa shape index (κ2) is 9.59. The van der Waals surface area contributed by atoms with E-state index in [-0.39, 0.29) is 6.61 Å². The van der Waals surface area contributed by atoms with Crippen LogP contribution in [0.1, 0.15) is 28.7 Å². The summed E-state index contributed by atoms with van der Waals surface area (Å²) in [6.07, 6.45) is 1.61. The van der Waals surface area contributed by atoms with Crippen LogP contribution in [0.25, 0.3) is 0 Å². The summed E-state index contributed by atoms with van der Waals surface area (Å²) in [5.74, 6) is 7.00. The molecule has 0 aliphatic rings. The molecule has 0 amide bonds. The first-order valence-electron chi connectivity index (χ1n) is 8.20. The Morgan fingerprint density at radius 1 is 1.20 bits per heavy atom. The fourth-order valence-corrected chi connectivity index (χ4v) is 3.01. The van der Waals surface area contributed by atoms with Crippen molar-refractivity contribution >= 4 is 11.3 Å². The normalized spacial score (nSPS) is 13.0. The zero-order chi connectivity index (χ0) is 18.1. The van der Waals surface area contributed by atoms with E-state index in [1.165, 1.54) is 4.88 Å². The topological polar surface area (TPSA) is 64.7 Å². The van der Waals surface area contributed by atoms with E-state index in [9.17, 15) is 5.11 Å². The van der Waals surface area contributed by atoms with Gasteiger partial charge in [-0.1, -0.05) is 24.0 Å². The summed E-state index contributed by atoms with van der Waals surface area (Å²) in [7, 11) is 1.65. The van der Waals surface area contributed by atoms with Crippen LogP contribution in [0, 0.1) is 11.8 Å². The Bertz CT molecular complexity index is 711. The number of hydrogen-bond acceptors (Lipinski definition) is 5. The number of benzene rings is 1.